The Hall–Kier alpha value is -3.52. The van der Waals surface area contributed by atoms with Crippen LogP contribution in [0.5, 0.6) is 11.5 Å². The van der Waals surface area contributed by atoms with Crippen molar-refractivity contribution >= 4 is 21.6 Å². The van der Waals surface area contributed by atoms with Crippen LogP contribution in [-0.2, 0) is 14.8 Å². The molecule has 0 fully saturated rings. The van der Waals surface area contributed by atoms with E-state index in [0.29, 0.717) is 11.4 Å². The molecule has 3 aromatic rings. The number of amides is 1. The summed E-state index contributed by atoms with van der Waals surface area (Å²) < 4.78 is 38.9. The quantitative estimate of drug-likeness (QED) is 0.405. The van der Waals surface area contributed by atoms with E-state index in [0.717, 1.165) is 26.7 Å². The van der Waals surface area contributed by atoms with Gasteiger partial charge in [0.2, 0.25) is 5.91 Å². The van der Waals surface area contributed by atoms with Gasteiger partial charge >= 0.3 is 0 Å². The summed E-state index contributed by atoms with van der Waals surface area (Å²) in [7, 11) is -0.850. The zero-order valence-corrected chi connectivity index (χ0v) is 22.4. The first kappa shape index (κ1) is 27.1. The van der Waals surface area contributed by atoms with E-state index in [9.17, 15) is 13.2 Å². The molecule has 1 amide bonds. The van der Waals surface area contributed by atoms with E-state index >= 15 is 0 Å². The fraction of sp³-hybridized carbons (Fsp3) is 0.321. The van der Waals surface area contributed by atoms with Gasteiger partial charge in [0.1, 0.15) is 18.0 Å². The maximum Gasteiger partial charge on any atom is 0.264 e. The Morgan fingerprint density at radius 2 is 1.56 bits per heavy atom. The number of nitrogens with zero attached hydrogens (tertiary/aromatic N) is 1. The van der Waals surface area contributed by atoms with Crippen molar-refractivity contribution in [3.05, 3.63) is 83.4 Å². The average Bonchev–Trinajstić information content (AvgIpc) is 2.87. The number of carbonyl (C=O) groups excluding carboxylic acids is 1. The number of methoxy groups -OCH3 is 2. The Kier molecular flexibility index (Phi) is 8.63. The van der Waals surface area contributed by atoms with Gasteiger partial charge in [-0.2, -0.15) is 0 Å². The molecule has 8 heteroatoms. The number of benzene rings is 3. The number of rotatable bonds is 10. The number of sulfonamides is 1. The number of carbonyl (C=O) groups is 1. The highest BCUT2D eigenvalue weighted by Gasteiger charge is 2.28. The van der Waals surface area contributed by atoms with Crippen LogP contribution in [0.4, 0.5) is 5.69 Å². The number of aryl methyl sites for hydroxylation is 1. The van der Waals surface area contributed by atoms with E-state index in [1.54, 1.807) is 49.6 Å². The van der Waals surface area contributed by atoms with Crippen LogP contribution in [0, 0.1) is 6.92 Å². The van der Waals surface area contributed by atoms with Gasteiger partial charge in [0.05, 0.1) is 30.8 Å². The normalized spacial score (nSPS) is 12.2. The molecule has 0 saturated heterocycles. The van der Waals surface area contributed by atoms with Gasteiger partial charge in [-0.1, -0.05) is 32.0 Å². The summed E-state index contributed by atoms with van der Waals surface area (Å²) in [6.07, 6.45) is 0. The smallest absolute Gasteiger partial charge is 0.264 e. The molecule has 0 aromatic heterocycles. The fourth-order valence-corrected chi connectivity index (χ4v) is 5.51. The van der Waals surface area contributed by atoms with Crippen molar-refractivity contribution in [3.8, 4) is 11.5 Å². The molecular weight excluding hydrogens is 476 g/mol. The number of nitrogens with one attached hydrogen (secondary N) is 1. The Morgan fingerprint density at radius 1 is 0.917 bits per heavy atom. The molecule has 0 radical (unpaired) electrons. The first-order valence-electron chi connectivity index (χ1n) is 11.8. The number of hydrogen-bond acceptors (Lipinski definition) is 5. The molecule has 0 unspecified atom stereocenters. The van der Waals surface area contributed by atoms with Gasteiger partial charge < -0.3 is 14.8 Å². The molecule has 0 saturated carbocycles. The number of ether oxygens (including phenoxy) is 2. The first-order chi connectivity index (χ1) is 17.1. The summed E-state index contributed by atoms with van der Waals surface area (Å²) in [6, 6.07) is 18.4. The highest BCUT2D eigenvalue weighted by Crippen LogP contribution is 2.32. The Labute approximate surface area is 214 Å². The lowest BCUT2D eigenvalue weighted by Gasteiger charge is -2.26. The van der Waals surface area contributed by atoms with Gasteiger partial charge in [-0.25, -0.2) is 8.42 Å². The van der Waals surface area contributed by atoms with Gasteiger partial charge in [-0.05, 0) is 85.0 Å². The van der Waals surface area contributed by atoms with Gasteiger partial charge in [-0.3, -0.25) is 9.10 Å². The van der Waals surface area contributed by atoms with Crippen LogP contribution in [0.1, 0.15) is 49.4 Å². The van der Waals surface area contributed by atoms with Gasteiger partial charge in [0.15, 0.2) is 0 Å². The van der Waals surface area contributed by atoms with Crippen molar-refractivity contribution in [2.75, 3.05) is 25.1 Å². The van der Waals surface area contributed by atoms with Crippen LogP contribution in [0.3, 0.4) is 0 Å². The highest BCUT2D eigenvalue weighted by molar-refractivity contribution is 7.92. The summed E-state index contributed by atoms with van der Waals surface area (Å²) >= 11 is 0. The standard InChI is InChI=1S/C28H34N2O5S/c1-19(2)25-17-26(20(3)16-27(25)35-6)21(4)29-28(31)18-30(22-10-8-7-9-11-22)36(32,33)24-14-12-23(34-5)13-15-24/h7-17,19,21H,18H2,1-6H3,(H,29,31)/t21-/m0/s1. The van der Waals surface area contributed by atoms with E-state index < -0.39 is 15.9 Å². The maximum atomic E-state index is 13.6. The molecule has 3 aromatic carbocycles. The summed E-state index contributed by atoms with van der Waals surface area (Å²) in [5, 5.41) is 2.98. The first-order valence-corrected chi connectivity index (χ1v) is 13.2. The summed E-state index contributed by atoms with van der Waals surface area (Å²) in [5.74, 6) is 1.18. The van der Waals surface area contributed by atoms with Crippen molar-refractivity contribution < 1.29 is 22.7 Å². The van der Waals surface area contributed by atoms with Crippen LogP contribution in [0.15, 0.2) is 71.6 Å². The van der Waals surface area contributed by atoms with Crippen molar-refractivity contribution in [1.82, 2.24) is 5.32 Å². The third kappa shape index (κ3) is 5.99. The zero-order chi connectivity index (χ0) is 26.5. The molecule has 0 aliphatic rings. The third-order valence-electron chi connectivity index (χ3n) is 6.06. The maximum absolute atomic E-state index is 13.6. The second kappa shape index (κ2) is 11.5. The van der Waals surface area contributed by atoms with Crippen LogP contribution in [-0.4, -0.2) is 35.1 Å². The van der Waals surface area contributed by atoms with Gasteiger partial charge in [0, 0.05) is 0 Å². The topological polar surface area (TPSA) is 84.9 Å². The van der Waals surface area contributed by atoms with Crippen LogP contribution < -0.4 is 19.1 Å². The Bertz CT molecular complexity index is 1290. The fourth-order valence-electron chi connectivity index (χ4n) is 4.09. The second-order valence-electron chi connectivity index (χ2n) is 8.92. The molecule has 36 heavy (non-hydrogen) atoms. The molecule has 0 bridgehead atoms. The van der Waals surface area contributed by atoms with Crippen LogP contribution in [0.2, 0.25) is 0 Å². The Balaban J connectivity index is 1.89. The van der Waals surface area contributed by atoms with Crippen molar-refractivity contribution in [3.63, 3.8) is 0 Å². The van der Waals surface area contributed by atoms with E-state index in [4.69, 9.17) is 9.47 Å². The summed E-state index contributed by atoms with van der Waals surface area (Å²) in [4.78, 5) is 13.3. The monoisotopic (exact) mass is 510 g/mol. The lowest BCUT2D eigenvalue weighted by Crippen LogP contribution is -2.41. The minimum Gasteiger partial charge on any atom is -0.497 e. The molecule has 3 rings (SSSR count). The molecule has 192 valence electrons. The molecule has 7 nitrogen and oxygen atoms in total. The molecular formula is C28H34N2O5S. The third-order valence-corrected chi connectivity index (χ3v) is 7.85. The second-order valence-corrected chi connectivity index (χ2v) is 10.8. The minimum atomic E-state index is -4.01. The predicted molar refractivity (Wildman–Crippen MR) is 142 cm³/mol. The number of hydrogen-bond donors (Lipinski definition) is 1. The van der Waals surface area contributed by atoms with E-state index in [1.165, 1.54) is 19.2 Å². The number of anilines is 1. The lowest BCUT2D eigenvalue weighted by molar-refractivity contribution is -0.120. The van der Waals surface area contributed by atoms with Gasteiger partial charge in [-0.15, -0.1) is 0 Å². The summed E-state index contributed by atoms with van der Waals surface area (Å²) in [5.41, 5.74) is 3.39. The van der Waals surface area contributed by atoms with Crippen molar-refractivity contribution in [2.24, 2.45) is 0 Å². The van der Waals surface area contributed by atoms with Crippen molar-refractivity contribution in [1.29, 1.82) is 0 Å². The Morgan fingerprint density at radius 3 is 2.11 bits per heavy atom. The van der Waals surface area contributed by atoms with Crippen LogP contribution in [0.25, 0.3) is 0 Å². The lowest BCUT2D eigenvalue weighted by atomic mass is 9.93. The molecule has 0 heterocycles. The average molecular weight is 511 g/mol. The largest absolute Gasteiger partial charge is 0.497 e. The van der Waals surface area contributed by atoms with Crippen molar-refractivity contribution in [2.45, 2.75) is 44.6 Å². The van der Waals surface area contributed by atoms with E-state index in [1.807, 2.05) is 26.0 Å². The molecule has 1 N–H and O–H groups in total. The predicted octanol–water partition coefficient (Wildman–Crippen LogP) is 5.21. The summed E-state index contributed by atoms with van der Waals surface area (Å²) in [6.45, 7) is 7.66. The van der Waals surface area contributed by atoms with Crippen LogP contribution >= 0.6 is 0 Å². The SMILES string of the molecule is COc1ccc(S(=O)(=O)N(CC(=O)N[C@@H](C)c2cc(C(C)C)c(OC)cc2C)c2ccccc2)cc1. The molecule has 0 spiro atoms. The minimum absolute atomic E-state index is 0.0700. The molecule has 0 aliphatic carbocycles. The number of para-hydroxylation sites is 1. The molecule has 1 atom stereocenters. The zero-order valence-electron chi connectivity index (χ0n) is 21.6. The molecule has 0 aliphatic heterocycles. The van der Waals surface area contributed by atoms with E-state index in [2.05, 4.69) is 19.2 Å². The van der Waals surface area contributed by atoms with E-state index in [-0.39, 0.29) is 23.4 Å². The van der Waals surface area contributed by atoms with Gasteiger partial charge in [0.25, 0.3) is 10.0 Å². The highest BCUT2D eigenvalue weighted by atomic mass is 32.2.